The smallest absolute Gasteiger partial charge is 0.417 e. The lowest BCUT2D eigenvalue weighted by Gasteiger charge is -2.13. The van der Waals surface area contributed by atoms with Gasteiger partial charge in [-0.1, -0.05) is 0 Å². The Labute approximate surface area is 117 Å². The third-order valence-corrected chi connectivity index (χ3v) is 2.76. The number of carbonyl (C=O) groups is 1. The van der Waals surface area contributed by atoms with Gasteiger partial charge in [0.15, 0.2) is 0 Å². The van der Waals surface area contributed by atoms with Crippen LogP contribution in [0.4, 0.5) is 17.6 Å². The second kappa shape index (κ2) is 5.51. The molecule has 0 radical (unpaired) electrons. The van der Waals surface area contributed by atoms with Crippen LogP contribution in [0, 0.1) is 5.82 Å². The van der Waals surface area contributed by atoms with Crippen LogP contribution >= 0.6 is 0 Å². The van der Waals surface area contributed by atoms with E-state index in [-0.39, 0.29) is 16.7 Å². The second-order valence-electron chi connectivity index (χ2n) is 4.14. The summed E-state index contributed by atoms with van der Waals surface area (Å²) in [7, 11) is 1.10. The van der Waals surface area contributed by atoms with E-state index in [9.17, 15) is 22.4 Å². The van der Waals surface area contributed by atoms with Crippen molar-refractivity contribution in [3.05, 3.63) is 53.6 Å². The summed E-state index contributed by atoms with van der Waals surface area (Å²) in [6.45, 7) is 0. The number of nitrogens with zero attached hydrogens (tertiary/aromatic N) is 1. The minimum Gasteiger partial charge on any atom is -0.465 e. The fourth-order valence-corrected chi connectivity index (χ4v) is 1.85. The van der Waals surface area contributed by atoms with Crippen molar-refractivity contribution in [2.24, 2.45) is 0 Å². The van der Waals surface area contributed by atoms with Gasteiger partial charge in [-0.2, -0.15) is 13.2 Å². The Morgan fingerprint density at radius 3 is 2.57 bits per heavy atom. The number of alkyl halides is 3. The average molecular weight is 299 g/mol. The highest BCUT2D eigenvalue weighted by Crippen LogP contribution is 2.36. The van der Waals surface area contributed by atoms with Gasteiger partial charge in [0.2, 0.25) is 0 Å². The number of hydrogen-bond donors (Lipinski definition) is 0. The van der Waals surface area contributed by atoms with E-state index >= 15 is 0 Å². The number of aromatic nitrogens is 1. The van der Waals surface area contributed by atoms with Gasteiger partial charge < -0.3 is 4.74 Å². The molecule has 21 heavy (non-hydrogen) atoms. The van der Waals surface area contributed by atoms with Crippen LogP contribution in [0.25, 0.3) is 11.1 Å². The number of rotatable bonds is 2. The van der Waals surface area contributed by atoms with Gasteiger partial charge in [0.05, 0.1) is 18.2 Å². The molecule has 0 N–H and O–H groups in total. The first-order valence-electron chi connectivity index (χ1n) is 5.73. The number of benzene rings is 1. The highest BCUT2D eigenvalue weighted by Gasteiger charge is 2.33. The molecule has 0 bridgehead atoms. The Morgan fingerprint density at radius 1 is 1.24 bits per heavy atom. The quantitative estimate of drug-likeness (QED) is 0.627. The van der Waals surface area contributed by atoms with E-state index in [2.05, 4.69) is 9.72 Å². The molecule has 7 heteroatoms. The second-order valence-corrected chi connectivity index (χ2v) is 4.14. The van der Waals surface area contributed by atoms with Gasteiger partial charge in [0, 0.05) is 18.0 Å². The summed E-state index contributed by atoms with van der Waals surface area (Å²) in [4.78, 5) is 15.0. The predicted molar refractivity (Wildman–Crippen MR) is 66.0 cm³/mol. The molecule has 0 aliphatic heterocycles. The van der Waals surface area contributed by atoms with E-state index in [4.69, 9.17) is 0 Å². The lowest BCUT2D eigenvalue weighted by atomic mass is 9.99. The van der Waals surface area contributed by atoms with Gasteiger partial charge in [-0.25, -0.2) is 9.18 Å². The van der Waals surface area contributed by atoms with Crippen molar-refractivity contribution >= 4 is 5.97 Å². The van der Waals surface area contributed by atoms with Gasteiger partial charge in [0.1, 0.15) is 5.82 Å². The molecule has 0 aliphatic carbocycles. The maximum Gasteiger partial charge on any atom is 0.417 e. The molecule has 0 saturated heterocycles. The molecule has 0 aliphatic rings. The first-order valence-corrected chi connectivity index (χ1v) is 5.73. The summed E-state index contributed by atoms with van der Waals surface area (Å²) < 4.78 is 56.8. The summed E-state index contributed by atoms with van der Waals surface area (Å²) in [5.41, 5.74) is -1.55. The highest BCUT2D eigenvalue weighted by atomic mass is 19.4. The Kier molecular flexibility index (Phi) is 3.93. The van der Waals surface area contributed by atoms with Gasteiger partial charge >= 0.3 is 12.1 Å². The van der Waals surface area contributed by atoms with Crippen LogP contribution in [-0.2, 0) is 10.9 Å². The summed E-state index contributed by atoms with van der Waals surface area (Å²) in [5.74, 6) is -1.68. The Morgan fingerprint density at radius 2 is 1.95 bits per heavy atom. The van der Waals surface area contributed by atoms with E-state index in [1.54, 1.807) is 0 Å². The van der Waals surface area contributed by atoms with Crippen LogP contribution in [0.5, 0.6) is 0 Å². The first-order chi connectivity index (χ1) is 9.82. The fraction of sp³-hybridized carbons (Fsp3) is 0.143. The van der Waals surface area contributed by atoms with Gasteiger partial charge in [-0.05, 0) is 29.8 Å². The molecule has 1 aromatic carbocycles. The molecule has 0 amide bonds. The van der Waals surface area contributed by atoms with Crippen molar-refractivity contribution in [1.29, 1.82) is 0 Å². The molecule has 0 atom stereocenters. The normalized spacial score (nSPS) is 11.3. The maximum atomic E-state index is 13.5. The summed E-state index contributed by atoms with van der Waals surface area (Å²) >= 11 is 0. The molecule has 1 heterocycles. The Hall–Kier alpha value is -2.44. The van der Waals surface area contributed by atoms with E-state index in [1.165, 1.54) is 0 Å². The van der Waals surface area contributed by atoms with Crippen LogP contribution in [0.2, 0.25) is 0 Å². The van der Waals surface area contributed by atoms with E-state index < -0.39 is 23.5 Å². The zero-order valence-electron chi connectivity index (χ0n) is 10.7. The van der Waals surface area contributed by atoms with Crippen molar-refractivity contribution in [2.75, 3.05) is 7.11 Å². The van der Waals surface area contributed by atoms with Crippen molar-refractivity contribution in [2.45, 2.75) is 6.18 Å². The number of carbonyl (C=O) groups excluding carboxylic acids is 1. The van der Waals surface area contributed by atoms with Crippen molar-refractivity contribution in [3.8, 4) is 11.1 Å². The number of halogens is 4. The number of methoxy groups -OCH3 is 1. The van der Waals surface area contributed by atoms with E-state index in [1.807, 2.05) is 0 Å². The molecular formula is C14H9F4NO2. The molecule has 0 saturated carbocycles. The number of ether oxygens (including phenoxy) is 1. The summed E-state index contributed by atoms with van der Waals surface area (Å²) in [6.07, 6.45) is -2.65. The van der Waals surface area contributed by atoms with Crippen molar-refractivity contribution < 1.29 is 27.1 Å². The average Bonchev–Trinajstić information content (AvgIpc) is 2.45. The van der Waals surface area contributed by atoms with E-state index in [0.29, 0.717) is 0 Å². The molecule has 0 unspecified atom stereocenters. The zero-order valence-corrected chi connectivity index (χ0v) is 10.7. The van der Waals surface area contributed by atoms with Crippen LogP contribution in [0.3, 0.4) is 0 Å². The maximum absolute atomic E-state index is 13.5. The minimum absolute atomic E-state index is 0.101. The van der Waals surface area contributed by atoms with Gasteiger partial charge in [0.25, 0.3) is 0 Å². The first kappa shape index (κ1) is 15.0. The topological polar surface area (TPSA) is 39.2 Å². The third kappa shape index (κ3) is 3.18. The van der Waals surface area contributed by atoms with Crippen LogP contribution in [0.1, 0.15) is 15.9 Å². The minimum atomic E-state index is -4.62. The lowest BCUT2D eigenvalue weighted by Crippen LogP contribution is -2.08. The molecule has 3 nitrogen and oxygen atoms in total. The number of hydrogen-bond acceptors (Lipinski definition) is 3. The molecule has 2 aromatic rings. The predicted octanol–water partition coefficient (Wildman–Crippen LogP) is 3.69. The largest absolute Gasteiger partial charge is 0.465 e. The van der Waals surface area contributed by atoms with E-state index in [0.717, 1.165) is 43.8 Å². The fourth-order valence-electron chi connectivity index (χ4n) is 1.85. The Balaban J connectivity index is 2.63. The van der Waals surface area contributed by atoms with Crippen molar-refractivity contribution in [1.82, 2.24) is 4.98 Å². The SMILES string of the molecule is COC(=O)c1cc(F)cc(-c2cnccc2C(F)(F)F)c1. The Bertz CT molecular complexity index is 683. The van der Waals surface area contributed by atoms with Crippen molar-refractivity contribution in [3.63, 3.8) is 0 Å². The third-order valence-electron chi connectivity index (χ3n) is 2.76. The standard InChI is InChI=1S/C14H9F4NO2/c1-21-13(20)9-4-8(5-10(15)6-9)11-7-19-3-2-12(11)14(16,17)18/h2-7H,1H3. The van der Waals surface area contributed by atoms with Crippen LogP contribution in [-0.4, -0.2) is 18.1 Å². The molecule has 0 fully saturated rings. The zero-order chi connectivity index (χ0) is 15.6. The molecule has 1 aromatic heterocycles. The number of pyridine rings is 1. The van der Waals surface area contributed by atoms with Gasteiger partial charge in [-0.3, -0.25) is 4.98 Å². The summed E-state index contributed by atoms with van der Waals surface area (Å²) in [5, 5.41) is 0. The lowest BCUT2D eigenvalue weighted by molar-refractivity contribution is -0.137. The number of esters is 1. The van der Waals surface area contributed by atoms with Gasteiger partial charge in [-0.15, -0.1) is 0 Å². The molecular weight excluding hydrogens is 290 g/mol. The highest BCUT2D eigenvalue weighted by molar-refractivity contribution is 5.91. The molecule has 2 rings (SSSR count). The van der Waals surface area contributed by atoms with Crippen LogP contribution < -0.4 is 0 Å². The monoisotopic (exact) mass is 299 g/mol. The van der Waals surface area contributed by atoms with Crippen LogP contribution in [0.15, 0.2) is 36.7 Å². The summed E-state index contributed by atoms with van der Waals surface area (Å²) in [6, 6.07) is 3.71. The molecule has 110 valence electrons. The molecule has 0 spiro atoms.